The zero-order valence-corrected chi connectivity index (χ0v) is 9.76. The first-order chi connectivity index (χ1) is 6.68. The number of hydrogen-bond donors (Lipinski definition) is 0. The lowest BCUT2D eigenvalue weighted by atomic mass is 10.1. The van der Waals surface area contributed by atoms with Gasteiger partial charge in [0.1, 0.15) is 10.7 Å². The molecule has 1 aromatic heterocycles. The second kappa shape index (κ2) is 3.75. The molecule has 72 valence electrons. The molecule has 14 heavy (non-hydrogen) atoms. The molecule has 0 unspecified atom stereocenters. The summed E-state index contributed by atoms with van der Waals surface area (Å²) in [6.45, 7) is 2.02. The number of rotatable bonds is 1. The van der Waals surface area contributed by atoms with Gasteiger partial charge in [-0.05, 0) is 28.9 Å². The van der Waals surface area contributed by atoms with Crippen molar-refractivity contribution in [3.63, 3.8) is 0 Å². The zero-order valence-electron chi connectivity index (χ0n) is 7.42. The van der Waals surface area contributed by atoms with E-state index < -0.39 is 0 Å². The zero-order chi connectivity index (χ0) is 10.1. The molecule has 0 bridgehead atoms. The minimum absolute atomic E-state index is 0.468. The van der Waals surface area contributed by atoms with Gasteiger partial charge in [0, 0.05) is 5.56 Å². The Morgan fingerprint density at radius 3 is 2.79 bits per heavy atom. The van der Waals surface area contributed by atoms with Gasteiger partial charge in [0.15, 0.2) is 0 Å². The fourth-order valence-corrected chi connectivity index (χ4v) is 1.67. The van der Waals surface area contributed by atoms with E-state index in [1.54, 1.807) is 0 Å². The van der Waals surface area contributed by atoms with Gasteiger partial charge in [0.2, 0.25) is 4.67 Å². The van der Waals surface area contributed by atoms with Crippen molar-refractivity contribution in [3.05, 3.63) is 39.5 Å². The monoisotopic (exact) mass is 271 g/mol. The Kier molecular flexibility index (Phi) is 2.61. The van der Waals surface area contributed by atoms with Crippen molar-refractivity contribution < 1.29 is 4.52 Å². The first kappa shape index (κ1) is 9.74. The molecule has 0 aliphatic rings. The third-order valence-corrected chi connectivity index (χ3v) is 3.01. The number of benzene rings is 1. The Labute approximate surface area is 95.0 Å². The number of aryl methyl sites for hydroxylation is 1. The van der Waals surface area contributed by atoms with Gasteiger partial charge in [0.25, 0.3) is 0 Å². The first-order valence-electron chi connectivity index (χ1n) is 4.06. The van der Waals surface area contributed by atoms with Crippen molar-refractivity contribution in [3.8, 4) is 11.3 Å². The number of aromatic nitrogens is 1. The molecule has 0 radical (unpaired) electrons. The van der Waals surface area contributed by atoms with E-state index in [1.807, 2.05) is 31.2 Å². The van der Waals surface area contributed by atoms with Crippen LogP contribution in [0.2, 0.25) is 5.02 Å². The highest BCUT2D eigenvalue weighted by molar-refractivity contribution is 9.10. The highest BCUT2D eigenvalue weighted by Crippen LogP contribution is 2.33. The molecule has 0 N–H and O–H groups in total. The standard InChI is InChI=1S/C10H7BrClNO/c1-6-3-2-4-7(5-6)9-8(12)10(11)14-13-9/h2-5H,1H3. The van der Waals surface area contributed by atoms with Gasteiger partial charge < -0.3 is 4.52 Å². The second-order valence-corrected chi connectivity index (χ2v) is 4.09. The summed E-state index contributed by atoms with van der Waals surface area (Å²) in [5.41, 5.74) is 2.80. The molecule has 2 aromatic rings. The highest BCUT2D eigenvalue weighted by Gasteiger charge is 2.13. The summed E-state index contributed by atoms with van der Waals surface area (Å²) in [6.07, 6.45) is 0. The number of nitrogens with zero attached hydrogens (tertiary/aromatic N) is 1. The Hall–Kier alpha value is -0.800. The van der Waals surface area contributed by atoms with Crippen LogP contribution in [0.1, 0.15) is 5.56 Å². The predicted molar refractivity (Wildman–Crippen MR) is 59.4 cm³/mol. The molecule has 2 nitrogen and oxygen atoms in total. The lowest BCUT2D eigenvalue weighted by Crippen LogP contribution is -1.79. The lowest BCUT2D eigenvalue weighted by Gasteiger charge is -1.97. The maximum atomic E-state index is 5.99. The average Bonchev–Trinajstić information content (AvgIpc) is 2.48. The summed E-state index contributed by atoms with van der Waals surface area (Å²) in [5, 5.41) is 4.38. The van der Waals surface area contributed by atoms with Crippen molar-refractivity contribution in [2.45, 2.75) is 6.92 Å². The molecule has 2 rings (SSSR count). The van der Waals surface area contributed by atoms with E-state index in [4.69, 9.17) is 16.1 Å². The summed E-state index contributed by atoms with van der Waals surface area (Å²) < 4.78 is 5.39. The molecule has 0 aliphatic carbocycles. The van der Waals surface area contributed by atoms with Crippen molar-refractivity contribution in [1.29, 1.82) is 0 Å². The van der Waals surface area contributed by atoms with Gasteiger partial charge in [-0.1, -0.05) is 40.5 Å². The van der Waals surface area contributed by atoms with Gasteiger partial charge in [-0.2, -0.15) is 0 Å². The molecule has 1 aromatic carbocycles. The van der Waals surface area contributed by atoms with Gasteiger partial charge in [-0.15, -0.1) is 0 Å². The smallest absolute Gasteiger partial charge is 0.221 e. The van der Waals surface area contributed by atoms with Crippen LogP contribution in [0.4, 0.5) is 0 Å². The van der Waals surface area contributed by atoms with E-state index >= 15 is 0 Å². The lowest BCUT2D eigenvalue weighted by molar-refractivity contribution is 0.402. The van der Waals surface area contributed by atoms with Gasteiger partial charge in [0.05, 0.1) is 0 Å². The molecular formula is C10H7BrClNO. The molecule has 0 amide bonds. The molecule has 4 heteroatoms. The molecule has 0 saturated heterocycles. The molecule has 0 fully saturated rings. The fourth-order valence-electron chi connectivity index (χ4n) is 1.23. The highest BCUT2D eigenvalue weighted by atomic mass is 79.9. The molecule has 0 saturated carbocycles. The van der Waals surface area contributed by atoms with Gasteiger partial charge in [-0.25, -0.2) is 0 Å². The second-order valence-electron chi connectivity index (χ2n) is 2.99. The normalized spacial score (nSPS) is 10.5. The Morgan fingerprint density at radius 1 is 1.43 bits per heavy atom. The van der Waals surface area contributed by atoms with E-state index in [9.17, 15) is 0 Å². The van der Waals surface area contributed by atoms with Gasteiger partial charge in [-0.3, -0.25) is 0 Å². The van der Waals surface area contributed by atoms with E-state index in [0.717, 1.165) is 11.1 Å². The molecule has 1 heterocycles. The van der Waals surface area contributed by atoms with Crippen LogP contribution in [0.5, 0.6) is 0 Å². The number of hydrogen-bond acceptors (Lipinski definition) is 2. The van der Waals surface area contributed by atoms with Crippen LogP contribution >= 0.6 is 27.5 Å². The SMILES string of the molecule is Cc1cccc(-c2noc(Br)c2Cl)c1. The van der Waals surface area contributed by atoms with E-state index in [0.29, 0.717) is 15.4 Å². The fraction of sp³-hybridized carbons (Fsp3) is 0.100. The van der Waals surface area contributed by atoms with E-state index in [1.165, 1.54) is 0 Å². The van der Waals surface area contributed by atoms with Crippen LogP contribution < -0.4 is 0 Å². The van der Waals surface area contributed by atoms with Crippen LogP contribution in [0.15, 0.2) is 33.5 Å². The largest absolute Gasteiger partial charge is 0.347 e. The average molecular weight is 273 g/mol. The van der Waals surface area contributed by atoms with Crippen molar-refractivity contribution in [1.82, 2.24) is 5.16 Å². The summed E-state index contributed by atoms with van der Waals surface area (Å²) in [6, 6.07) is 7.94. The maximum Gasteiger partial charge on any atom is 0.221 e. The van der Waals surface area contributed by atoms with Crippen molar-refractivity contribution in [2.75, 3.05) is 0 Å². The molecule has 0 atom stereocenters. The van der Waals surface area contributed by atoms with Crippen LogP contribution in [0.25, 0.3) is 11.3 Å². The van der Waals surface area contributed by atoms with Crippen LogP contribution in [0.3, 0.4) is 0 Å². The van der Waals surface area contributed by atoms with Crippen LogP contribution in [-0.2, 0) is 0 Å². The summed E-state index contributed by atoms with van der Waals surface area (Å²) in [7, 11) is 0. The van der Waals surface area contributed by atoms with Gasteiger partial charge >= 0.3 is 0 Å². The first-order valence-corrected chi connectivity index (χ1v) is 5.23. The van der Waals surface area contributed by atoms with Crippen molar-refractivity contribution >= 4 is 27.5 Å². The molecule has 0 spiro atoms. The third kappa shape index (κ3) is 1.70. The Bertz CT molecular complexity index is 467. The minimum atomic E-state index is 0.468. The van der Waals surface area contributed by atoms with Crippen LogP contribution in [0, 0.1) is 6.92 Å². The van der Waals surface area contributed by atoms with Crippen molar-refractivity contribution in [2.24, 2.45) is 0 Å². The van der Waals surface area contributed by atoms with Crippen LogP contribution in [-0.4, -0.2) is 5.16 Å². The Morgan fingerprint density at radius 2 is 2.21 bits per heavy atom. The topological polar surface area (TPSA) is 26.0 Å². The summed E-state index contributed by atoms with van der Waals surface area (Å²) in [5.74, 6) is 0. The van der Waals surface area contributed by atoms with E-state index in [2.05, 4.69) is 21.1 Å². The summed E-state index contributed by atoms with van der Waals surface area (Å²) in [4.78, 5) is 0. The minimum Gasteiger partial charge on any atom is -0.347 e. The van der Waals surface area contributed by atoms with E-state index in [-0.39, 0.29) is 0 Å². The third-order valence-electron chi connectivity index (χ3n) is 1.89. The molecule has 0 aliphatic heterocycles. The predicted octanol–water partition coefficient (Wildman–Crippen LogP) is 4.07. The Balaban J connectivity index is 2.55. The molecular weight excluding hydrogens is 265 g/mol. The number of halogens is 2. The quantitative estimate of drug-likeness (QED) is 0.782. The summed E-state index contributed by atoms with van der Waals surface area (Å²) >= 11 is 9.16. The maximum absolute atomic E-state index is 5.99.